The third-order valence-corrected chi connectivity index (χ3v) is 12.0. The van der Waals surface area contributed by atoms with Gasteiger partial charge in [-0.2, -0.15) is 0 Å². The molecule has 0 amide bonds. The van der Waals surface area contributed by atoms with Gasteiger partial charge in [0.25, 0.3) is 0 Å². The Morgan fingerprint density at radius 2 is 1.60 bits per heavy atom. The molecule has 258 valence electrons. The maximum atomic E-state index is 14.9. The molecular weight excluding hydrogens is 596 g/mol. The van der Waals surface area contributed by atoms with Gasteiger partial charge in [-0.1, -0.05) is 109 Å². The number of rotatable bonds is 14. The van der Waals surface area contributed by atoms with Gasteiger partial charge in [0.1, 0.15) is 11.7 Å². The van der Waals surface area contributed by atoms with Gasteiger partial charge in [0.2, 0.25) is 0 Å². The van der Waals surface area contributed by atoms with Crippen LogP contribution in [-0.4, -0.2) is 63.1 Å². The summed E-state index contributed by atoms with van der Waals surface area (Å²) in [7, 11) is 0. The van der Waals surface area contributed by atoms with Gasteiger partial charge in [-0.15, -0.1) is 0 Å². The number of hydrogen-bond donors (Lipinski definition) is 3. The molecule has 2 fully saturated rings. The predicted octanol–water partition coefficient (Wildman–Crippen LogP) is 6.27. The molecule has 5 rings (SSSR count). The highest BCUT2D eigenvalue weighted by Crippen LogP contribution is 2.75. The van der Waals surface area contributed by atoms with Gasteiger partial charge in [-0.3, -0.25) is 9.59 Å². The Hall–Kier alpha value is -2.81. The quantitative estimate of drug-likeness (QED) is 0.122. The van der Waals surface area contributed by atoms with Crippen LogP contribution in [0.1, 0.15) is 116 Å². The molecule has 0 aliphatic heterocycles. The van der Waals surface area contributed by atoms with Gasteiger partial charge >= 0.3 is 11.9 Å². The second kappa shape index (κ2) is 13.6. The molecule has 1 aromatic rings. The van der Waals surface area contributed by atoms with Crippen molar-refractivity contribution in [3.63, 3.8) is 0 Å². The van der Waals surface area contributed by atoms with E-state index >= 15 is 0 Å². The lowest BCUT2D eigenvalue weighted by Gasteiger charge is -2.49. The van der Waals surface area contributed by atoms with Crippen molar-refractivity contribution in [3.8, 4) is 0 Å². The number of aliphatic hydroxyl groups is 3. The Morgan fingerprint density at radius 1 is 0.979 bits per heavy atom. The fourth-order valence-corrected chi connectivity index (χ4v) is 9.48. The number of Topliss-reactive ketones (excluding diaryl/α,β-unsaturated/α-hetero) is 1. The average Bonchev–Trinajstić information content (AvgIpc) is 3.44. The van der Waals surface area contributed by atoms with Crippen molar-refractivity contribution in [2.45, 2.75) is 129 Å². The standard InChI is InChI=1S/C39H54O8/c1-6-7-8-9-10-11-12-13-17-20-30(41)47-38-23-26(3)37-22-25(2)34(46-35(44)27-18-15-14-16-19-27)39(37,45)32(42)28(24-40)21-29(33(37)43)31(38)36(38,4)5/h14-16,18-19,21-22,26,29,31-32,34,40,42,45H,6-13,17,20,23-24H2,1-5H3/t26-,29-,31-,32-,34+,37+,38+,39+/m1/s1. The van der Waals surface area contributed by atoms with Gasteiger partial charge in [-0.25, -0.2) is 4.79 Å². The van der Waals surface area contributed by atoms with Crippen LogP contribution in [-0.2, 0) is 19.1 Å². The summed E-state index contributed by atoms with van der Waals surface area (Å²) < 4.78 is 12.3. The number of carbonyl (C=O) groups excluding carboxylic acids is 3. The summed E-state index contributed by atoms with van der Waals surface area (Å²) in [5.41, 5.74) is -4.67. The summed E-state index contributed by atoms with van der Waals surface area (Å²) in [5.74, 6) is -3.16. The molecule has 1 aromatic carbocycles. The maximum Gasteiger partial charge on any atom is 0.338 e. The van der Waals surface area contributed by atoms with Crippen LogP contribution in [0.25, 0.3) is 0 Å². The zero-order chi connectivity index (χ0) is 34.2. The van der Waals surface area contributed by atoms with E-state index in [0.29, 0.717) is 12.0 Å². The molecular formula is C39H54O8. The molecule has 0 radical (unpaired) electrons. The Morgan fingerprint density at radius 3 is 2.21 bits per heavy atom. The van der Waals surface area contributed by atoms with Gasteiger partial charge in [-0.05, 0) is 49.0 Å². The number of hydrogen-bond acceptors (Lipinski definition) is 8. The van der Waals surface area contributed by atoms with E-state index in [1.807, 2.05) is 20.8 Å². The summed E-state index contributed by atoms with van der Waals surface area (Å²) in [6.45, 7) is 9.14. The van der Waals surface area contributed by atoms with E-state index in [0.717, 1.165) is 19.3 Å². The van der Waals surface area contributed by atoms with Crippen molar-refractivity contribution in [1.82, 2.24) is 0 Å². The molecule has 4 aliphatic carbocycles. The molecule has 0 heterocycles. The highest BCUT2D eigenvalue weighted by atomic mass is 16.6. The van der Waals surface area contributed by atoms with Crippen molar-refractivity contribution in [2.75, 3.05) is 6.61 Å². The smallest absolute Gasteiger partial charge is 0.338 e. The first-order valence-electron chi connectivity index (χ1n) is 17.8. The van der Waals surface area contributed by atoms with E-state index in [1.165, 1.54) is 38.5 Å². The SMILES string of the molecule is CCCCCCCCCCCC(=O)O[C@@]12C[C@@H](C)[C@]34C=C(C)[C@H](OC(=O)c5ccccc5)[C@@]3(O)[C@H](O)C(CO)=C[C@@H](C4=O)[C@@H]1C2(C)C. The largest absolute Gasteiger partial charge is 0.458 e. The highest BCUT2D eigenvalue weighted by Gasteiger charge is 2.83. The Bertz CT molecular complexity index is 1400. The molecule has 47 heavy (non-hydrogen) atoms. The van der Waals surface area contributed by atoms with Crippen LogP contribution in [0.15, 0.2) is 53.6 Å². The molecule has 0 aromatic heterocycles. The van der Waals surface area contributed by atoms with Crippen molar-refractivity contribution in [2.24, 2.45) is 28.6 Å². The number of fused-ring (bicyclic) bond motifs is 3. The first-order chi connectivity index (χ1) is 22.3. The molecule has 2 bridgehead atoms. The molecule has 8 atom stereocenters. The fourth-order valence-electron chi connectivity index (χ4n) is 9.48. The number of carbonyl (C=O) groups is 3. The van der Waals surface area contributed by atoms with Crippen molar-refractivity contribution in [3.05, 3.63) is 59.2 Å². The topological polar surface area (TPSA) is 130 Å². The number of allylic oxidation sites excluding steroid dienone is 1. The molecule has 8 nitrogen and oxygen atoms in total. The van der Waals surface area contributed by atoms with Gasteiger partial charge < -0.3 is 24.8 Å². The Balaban J connectivity index is 1.40. The van der Waals surface area contributed by atoms with Gasteiger partial charge in [0.15, 0.2) is 17.5 Å². The molecule has 0 saturated heterocycles. The number of esters is 2. The normalized spacial score (nSPS) is 35.1. The highest BCUT2D eigenvalue weighted by molar-refractivity contribution is 5.96. The summed E-state index contributed by atoms with van der Waals surface area (Å²) >= 11 is 0. The number of unbranched alkanes of at least 4 members (excludes halogenated alkanes) is 8. The third kappa shape index (κ3) is 5.72. The summed E-state index contributed by atoms with van der Waals surface area (Å²) in [5, 5.41) is 35.0. The lowest BCUT2D eigenvalue weighted by atomic mass is 9.59. The van der Waals surface area contributed by atoms with Crippen LogP contribution < -0.4 is 0 Å². The first kappa shape index (κ1) is 35.5. The van der Waals surface area contributed by atoms with Gasteiger partial charge in [0.05, 0.1) is 17.6 Å². The zero-order valence-electron chi connectivity index (χ0n) is 28.8. The maximum absolute atomic E-state index is 14.9. The lowest BCUT2D eigenvalue weighted by Crippen LogP contribution is -2.66. The van der Waals surface area contributed by atoms with Crippen LogP contribution in [0.2, 0.25) is 0 Å². The van der Waals surface area contributed by atoms with Crippen LogP contribution in [0, 0.1) is 28.6 Å². The number of benzene rings is 1. The van der Waals surface area contributed by atoms with E-state index in [-0.39, 0.29) is 29.3 Å². The lowest BCUT2D eigenvalue weighted by molar-refractivity contribution is -0.192. The molecule has 8 heteroatoms. The predicted molar refractivity (Wildman–Crippen MR) is 178 cm³/mol. The fraction of sp³-hybridized carbons (Fsp3) is 0.667. The minimum atomic E-state index is -2.29. The number of aliphatic hydroxyl groups excluding tert-OH is 2. The van der Waals surface area contributed by atoms with Crippen molar-refractivity contribution < 1.29 is 39.2 Å². The second-order valence-corrected chi connectivity index (χ2v) is 15.2. The van der Waals surface area contributed by atoms with E-state index in [2.05, 4.69) is 6.92 Å². The Kier molecular flexibility index (Phi) is 10.3. The van der Waals surface area contributed by atoms with E-state index < -0.39 is 64.6 Å². The molecule has 0 unspecified atom stereocenters. The summed E-state index contributed by atoms with van der Waals surface area (Å²) in [6, 6.07) is 8.35. The van der Waals surface area contributed by atoms with Crippen LogP contribution >= 0.6 is 0 Å². The average molecular weight is 651 g/mol. The monoisotopic (exact) mass is 650 g/mol. The Labute approximate surface area is 279 Å². The minimum absolute atomic E-state index is 0.0864. The van der Waals surface area contributed by atoms with Crippen LogP contribution in [0.4, 0.5) is 0 Å². The van der Waals surface area contributed by atoms with E-state index in [4.69, 9.17) is 9.47 Å². The number of ketones is 1. The zero-order valence-corrected chi connectivity index (χ0v) is 28.8. The third-order valence-electron chi connectivity index (χ3n) is 12.0. The summed E-state index contributed by atoms with van der Waals surface area (Å²) in [6.07, 6.45) is 11.1. The second-order valence-electron chi connectivity index (χ2n) is 15.2. The number of ether oxygens (including phenoxy) is 2. The van der Waals surface area contributed by atoms with Crippen LogP contribution in [0.5, 0.6) is 0 Å². The molecule has 2 saturated carbocycles. The molecule has 3 N–H and O–H groups in total. The minimum Gasteiger partial charge on any atom is -0.458 e. The molecule has 4 aliphatic rings. The van der Waals surface area contributed by atoms with Crippen molar-refractivity contribution in [1.29, 1.82) is 0 Å². The summed E-state index contributed by atoms with van der Waals surface area (Å²) in [4.78, 5) is 41.6. The van der Waals surface area contributed by atoms with Crippen molar-refractivity contribution >= 4 is 17.7 Å². The van der Waals surface area contributed by atoms with Crippen LogP contribution in [0.3, 0.4) is 0 Å². The van der Waals surface area contributed by atoms with E-state index in [1.54, 1.807) is 49.4 Å². The van der Waals surface area contributed by atoms with E-state index in [9.17, 15) is 29.7 Å². The molecule has 1 spiro atoms. The van der Waals surface area contributed by atoms with Gasteiger partial charge in [0, 0.05) is 23.7 Å². The first-order valence-corrected chi connectivity index (χ1v) is 17.8.